The molecule has 0 saturated heterocycles. The molecule has 0 atom stereocenters. The maximum Gasteiger partial charge on any atom is 0.123 e. The summed E-state index contributed by atoms with van der Waals surface area (Å²) in [6, 6.07) is 50.3. The molecule has 0 aliphatic heterocycles. The molecule has 10 rings (SSSR count). The molecule has 301 valence electrons. The van der Waals surface area contributed by atoms with Crippen LogP contribution in [0.2, 0.25) is 17.3 Å². The molecule has 0 fully saturated rings. The summed E-state index contributed by atoms with van der Waals surface area (Å²) in [4.78, 5) is 9.82. The molecule has 60 heavy (non-hydrogen) atoms. The van der Waals surface area contributed by atoms with Crippen molar-refractivity contribution in [3.63, 3.8) is 0 Å². The van der Waals surface area contributed by atoms with Gasteiger partial charge in [0.05, 0.1) is 16.9 Å². The second kappa shape index (κ2) is 16.8. The maximum atomic E-state index is 14.3. The van der Waals surface area contributed by atoms with E-state index in [1.165, 1.54) is 42.6 Å². The van der Waals surface area contributed by atoms with E-state index in [2.05, 4.69) is 127 Å². The minimum Gasteiger partial charge on any atom is -0.333 e. The fourth-order valence-electron chi connectivity index (χ4n) is 8.56. The van der Waals surface area contributed by atoms with E-state index in [4.69, 9.17) is 9.97 Å². The number of hydrogen-bond donors (Lipinski definition) is 0. The Morgan fingerprint density at radius 3 is 2.22 bits per heavy atom. The van der Waals surface area contributed by atoms with E-state index in [0.29, 0.717) is 5.92 Å². The second-order valence-electron chi connectivity index (χ2n) is 17.1. The number of rotatable bonds is 6. The fourth-order valence-corrected chi connectivity index (χ4v) is 13.1. The Balaban J connectivity index is 0.000000202. The first-order valence-corrected chi connectivity index (χ1v) is 28.5. The number of hydrogen-bond acceptors (Lipinski definition) is 3. The Labute approximate surface area is 372 Å². The van der Waals surface area contributed by atoms with Crippen LogP contribution in [0.3, 0.4) is 0 Å². The van der Waals surface area contributed by atoms with Crippen molar-refractivity contribution < 1.29 is 24.5 Å². The first-order chi connectivity index (χ1) is 28.4. The molecule has 3 aromatic heterocycles. The minimum absolute atomic E-state index is 0. The zero-order chi connectivity index (χ0) is 41.0. The predicted octanol–water partition coefficient (Wildman–Crippen LogP) is 14.2. The quantitative estimate of drug-likeness (QED) is 0.0944. The van der Waals surface area contributed by atoms with Crippen LogP contribution in [0, 0.1) is 37.7 Å². The molecule has 0 aliphatic rings. The van der Waals surface area contributed by atoms with E-state index in [1.807, 2.05) is 56.3 Å². The summed E-state index contributed by atoms with van der Waals surface area (Å²) in [6.45, 7) is 8.50. The van der Waals surface area contributed by atoms with Crippen molar-refractivity contribution >= 4 is 81.7 Å². The van der Waals surface area contributed by atoms with Gasteiger partial charge in [-0.1, -0.05) is 59.5 Å². The van der Waals surface area contributed by atoms with Gasteiger partial charge in [0.1, 0.15) is 5.82 Å². The molecule has 0 amide bonds. The molecular formula is C53H46FGeIrN3S-2. The van der Waals surface area contributed by atoms with Crippen molar-refractivity contribution in [2.45, 2.75) is 51.4 Å². The van der Waals surface area contributed by atoms with Gasteiger partial charge < -0.3 is 4.57 Å². The molecule has 0 spiro atoms. The molecule has 3 nitrogen and oxygen atoms in total. The van der Waals surface area contributed by atoms with Crippen LogP contribution in [-0.2, 0) is 26.5 Å². The van der Waals surface area contributed by atoms with Crippen molar-refractivity contribution in [1.29, 1.82) is 0 Å². The third kappa shape index (κ3) is 7.87. The van der Waals surface area contributed by atoms with Crippen LogP contribution in [0.4, 0.5) is 4.39 Å². The Morgan fingerprint density at radius 2 is 1.47 bits per heavy atom. The van der Waals surface area contributed by atoms with Gasteiger partial charge in [-0.05, 0) is 93.0 Å². The number of aromatic nitrogens is 3. The van der Waals surface area contributed by atoms with Crippen LogP contribution < -0.4 is 4.40 Å². The Kier molecular flexibility index (Phi) is 11.7. The average Bonchev–Trinajstić information content (AvgIpc) is 3.78. The van der Waals surface area contributed by atoms with Crippen LogP contribution in [0.15, 0.2) is 134 Å². The van der Waals surface area contributed by atoms with Gasteiger partial charge in [-0.25, -0.2) is 4.39 Å². The normalized spacial score (nSPS) is 11.8. The van der Waals surface area contributed by atoms with Gasteiger partial charge in [0.2, 0.25) is 0 Å². The summed E-state index contributed by atoms with van der Waals surface area (Å²) in [5.74, 6) is 8.59. The number of para-hydroxylation sites is 2. The summed E-state index contributed by atoms with van der Waals surface area (Å²) in [5.41, 5.74) is 9.20. The van der Waals surface area contributed by atoms with Crippen LogP contribution in [0.1, 0.15) is 30.5 Å². The van der Waals surface area contributed by atoms with Gasteiger partial charge in [-0.15, -0.1) is 18.2 Å². The Morgan fingerprint density at radius 1 is 0.733 bits per heavy atom. The van der Waals surface area contributed by atoms with Crippen LogP contribution in [0.25, 0.3) is 81.1 Å². The van der Waals surface area contributed by atoms with E-state index in [9.17, 15) is 4.39 Å². The molecule has 0 bridgehead atoms. The Bertz CT molecular complexity index is 3170. The number of fused-ring (bicyclic) bond motifs is 7. The van der Waals surface area contributed by atoms with E-state index in [0.717, 1.165) is 61.6 Å². The van der Waals surface area contributed by atoms with Crippen molar-refractivity contribution in [2.24, 2.45) is 5.92 Å². The number of benzene rings is 7. The molecule has 0 saturated carbocycles. The molecule has 1 radical (unpaired) electrons. The summed E-state index contributed by atoms with van der Waals surface area (Å²) < 4.78 is 20.4. The fraction of sp³-hybridized carbons (Fsp3) is 0.170. The third-order valence-corrected chi connectivity index (χ3v) is 16.7. The van der Waals surface area contributed by atoms with Gasteiger partial charge in [0.15, 0.2) is 0 Å². The van der Waals surface area contributed by atoms with Crippen molar-refractivity contribution in [1.82, 2.24) is 14.5 Å². The first kappa shape index (κ1) is 41.7. The van der Waals surface area contributed by atoms with Gasteiger partial charge in [-0.2, -0.15) is 11.3 Å². The SMILES string of the molecule is CC(C)Cc1cc(-c2[c-]cccc2)nc[c]1[Ge]([CH3])([CH3])[CH3].Cc1cc(F)cc(C)c1-n1c(-c2[c-]ccc3c2sc2cc4ccc5ccccc5c4cc23)nc2ccccc21.[Ir]. The molecule has 0 N–H and O–H groups in total. The first-order valence-electron chi connectivity index (χ1n) is 20.3. The zero-order valence-electron chi connectivity index (χ0n) is 34.9. The second-order valence-corrected chi connectivity index (χ2v) is 28.7. The minimum atomic E-state index is -1.86. The number of pyridine rings is 1. The molecular weight excluding hydrogens is 994 g/mol. The van der Waals surface area contributed by atoms with E-state index < -0.39 is 13.3 Å². The number of imidazole rings is 1. The largest absolute Gasteiger partial charge is 0.333 e. The van der Waals surface area contributed by atoms with Gasteiger partial charge in [-0.3, -0.25) is 4.98 Å². The molecule has 0 aliphatic carbocycles. The summed E-state index contributed by atoms with van der Waals surface area (Å²) >= 11 is -0.0746. The number of halogens is 1. The van der Waals surface area contributed by atoms with Crippen molar-refractivity contribution in [3.8, 4) is 28.3 Å². The van der Waals surface area contributed by atoms with E-state index in [1.54, 1.807) is 27.9 Å². The van der Waals surface area contributed by atoms with Gasteiger partial charge in [0.25, 0.3) is 0 Å². The van der Waals surface area contributed by atoms with Crippen molar-refractivity contribution in [3.05, 3.63) is 168 Å². The van der Waals surface area contributed by atoms with Crippen LogP contribution in [-0.4, -0.2) is 27.8 Å². The van der Waals surface area contributed by atoms with Gasteiger partial charge in [0, 0.05) is 30.5 Å². The standard InChI is InChI=1S/C35H22FN2S.C18H24GeN.Ir/c1-20-16-24(36)17-21(2)33(20)38-31-13-6-5-12-30(31)37-35(38)27-11-7-10-26-29-19-28-23(18-32(29)39-34(26)27)15-14-22-8-3-4-9-25(22)28;1-14(2)11-16-12-18(15-9-7-6-8-10-15)20-13-17(16)19(3,4)5;/h3-10,12-19H,1-2H3;6-9,12-14H,11H2,1-5H3;/q2*-1;. The van der Waals surface area contributed by atoms with E-state index >= 15 is 0 Å². The number of aryl methyl sites for hydroxylation is 2. The summed E-state index contributed by atoms with van der Waals surface area (Å²) in [6.07, 6.45) is 3.27. The van der Waals surface area contributed by atoms with Gasteiger partial charge >= 0.3 is 126 Å². The monoisotopic (exact) mass is 1040 g/mol. The molecule has 3 heterocycles. The van der Waals surface area contributed by atoms with E-state index in [-0.39, 0.29) is 25.9 Å². The zero-order valence-corrected chi connectivity index (χ0v) is 40.3. The maximum absolute atomic E-state index is 14.3. The molecule has 7 aromatic carbocycles. The summed E-state index contributed by atoms with van der Waals surface area (Å²) in [5, 5.41) is 7.46. The van der Waals surface area contributed by atoms with Crippen LogP contribution >= 0.6 is 11.3 Å². The number of nitrogens with zero attached hydrogens (tertiary/aromatic N) is 3. The topological polar surface area (TPSA) is 30.7 Å². The average molecular weight is 1040 g/mol. The molecule has 10 aromatic rings. The molecule has 0 unspecified atom stereocenters. The number of thiophene rings is 1. The molecule has 7 heteroatoms. The third-order valence-electron chi connectivity index (χ3n) is 11.2. The Hall–Kier alpha value is -4.98. The smallest absolute Gasteiger partial charge is 0.123 e. The summed E-state index contributed by atoms with van der Waals surface area (Å²) in [7, 11) is 0. The van der Waals surface area contributed by atoms with Crippen LogP contribution in [0.5, 0.6) is 0 Å². The predicted molar refractivity (Wildman–Crippen MR) is 253 cm³/mol. The van der Waals surface area contributed by atoms with Crippen molar-refractivity contribution in [2.75, 3.05) is 0 Å².